The van der Waals surface area contributed by atoms with Crippen LogP contribution in [-0.4, -0.2) is 26.6 Å². The Balaban J connectivity index is 1.56. The number of hydrogen-bond acceptors (Lipinski definition) is 7. The Bertz CT molecular complexity index is 1400. The zero-order valence-corrected chi connectivity index (χ0v) is 18.9. The first-order valence-electron chi connectivity index (χ1n) is 10.2. The van der Waals surface area contributed by atoms with E-state index in [1.165, 1.54) is 12.1 Å². The number of anilines is 1. The molecule has 1 aliphatic rings. The van der Waals surface area contributed by atoms with Crippen LogP contribution in [0.25, 0.3) is 11.5 Å². The number of benzene rings is 3. The zero-order valence-electron chi connectivity index (χ0n) is 17.3. The number of nitrogens with one attached hydrogen (secondary N) is 1. The first kappa shape index (κ1) is 21.4. The van der Waals surface area contributed by atoms with E-state index in [9.17, 15) is 8.42 Å². The summed E-state index contributed by atoms with van der Waals surface area (Å²) in [6.45, 7) is 1.12. The fraction of sp³-hybridized carbons (Fsp3) is 0.125. The molecule has 1 aliphatic heterocycles. The van der Waals surface area contributed by atoms with E-state index in [4.69, 9.17) is 25.5 Å². The van der Waals surface area contributed by atoms with Gasteiger partial charge in [-0.3, -0.25) is 0 Å². The summed E-state index contributed by atoms with van der Waals surface area (Å²) in [6.07, 6.45) is 0. The first-order valence-corrected chi connectivity index (χ1v) is 12.1. The summed E-state index contributed by atoms with van der Waals surface area (Å²) in [7, 11) is -4.04. The van der Waals surface area contributed by atoms with Crippen LogP contribution in [0.15, 0.2) is 87.1 Å². The lowest BCUT2D eigenvalue weighted by molar-refractivity contribution is 0.171. The van der Waals surface area contributed by atoms with Gasteiger partial charge in [-0.15, -0.1) is 0 Å². The fourth-order valence-electron chi connectivity index (χ4n) is 3.43. The number of nitrogens with zero attached hydrogens (tertiary/aromatic N) is 1. The lowest BCUT2D eigenvalue weighted by atomic mass is 10.2. The number of hydrogen-bond donors (Lipinski definition) is 1. The molecular weight excluding hydrogens is 464 g/mol. The molecule has 0 amide bonds. The van der Waals surface area contributed by atoms with Crippen molar-refractivity contribution in [1.29, 1.82) is 0 Å². The Hall–Kier alpha value is -3.49. The molecule has 9 heteroatoms. The van der Waals surface area contributed by atoms with Crippen molar-refractivity contribution in [3.8, 4) is 23.0 Å². The van der Waals surface area contributed by atoms with E-state index in [0.717, 1.165) is 5.56 Å². The molecule has 4 aromatic rings. The molecule has 0 radical (unpaired) electrons. The average Bonchev–Trinajstić information content (AvgIpc) is 3.28. The van der Waals surface area contributed by atoms with Gasteiger partial charge in [0.25, 0.3) is 0 Å². The third kappa shape index (κ3) is 4.40. The largest absolute Gasteiger partial charge is 0.486 e. The number of fused-ring (bicyclic) bond motifs is 1. The highest BCUT2D eigenvalue weighted by atomic mass is 35.5. The number of sulfone groups is 1. The maximum atomic E-state index is 13.6. The summed E-state index contributed by atoms with van der Waals surface area (Å²) in [4.78, 5) is 4.37. The highest BCUT2D eigenvalue weighted by Gasteiger charge is 2.30. The van der Waals surface area contributed by atoms with Crippen LogP contribution in [0.4, 0.5) is 5.88 Å². The maximum absolute atomic E-state index is 13.6. The van der Waals surface area contributed by atoms with Gasteiger partial charge in [-0.05, 0) is 35.9 Å². The monoisotopic (exact) mass is 482 g/mol. The van der Waals surface area contributed by atoms with E-state index < -0.39 is 9.84 Å². The molecule has 5 rings (SSSR count). The van der Waals surface area contributed by atoms with Crippen molar-refractivity contribution >= 4 is 27.3 Å². The third-order valence-electron chi connectivity index (χ3n) is 5.04. The Morgan fingerprint density at radius 1 is 0.909 bits per heavy atom. The summed E-state index contributed by atoms with van der Waals surface area (Å²) in [5.74, 6) is 1.06. The molecule has 33 heavy (non-hydrogen) atoms. The predicted molar refractivity (Wildman–Crippen MR) is 124 cm³/mol. The summed E-state index contributed by atoms with van der Waals surface area (Å²) in [5, 5.41) is 3.34. The molecule has 0 spiro atoms. The topological polar surface area (TPSA) is 90.7 Å². The third-order valence-corrected chi connectivity index (χ3v) is 6.94. The molecule has 0 unspecified atom stereocenters. The van der Waals surface area contributed by atoms with Gasteiger partial charge in [-0.1, -0.05) is 48.0 Å². The Labute approximate surface area is 195 Å². The van der Waals surface area contributed by atoms with E-state index in [0.29, 0.717) is 41.8 Å². The number of rotatable bonds is 6. The molecule has 1 N–H and O–H groups in total. The van der Waals surface area contributed by atoms with Gasteiger partial charge >= 0.3 is 0 Å². The molecule has 0 bridgehead atoms. The van der Waals surface area contributed by atoms with E-state index >= 15 is 0 Å². The Morgan fingerprint density at radius 2 is 1.70 bits per heavy atom. The van der Waals surface area contributed by atoms with Gasteiger partial charge in [0, 0.05) is 23.2 Å². The fourth-order valence-corrected chi connectivity index (χ4v) is 4.91. The Kier molecular flexibility index (Phi) is 5.70. The first-order chi connectivity index (χ1) is 16.0. The summed E-state index contributed by atoms with van der Waals surface area (Å²) in [6, 6.07) is 20.9. The van der Waals surface area contributed by atoms with E-state index in [1.54, 1.807) is 30.3 Å². The van der Waals surface area contributed by atoms with Gasteiger partial charge in [0.1, 0.15) is 13.2 Å². The van der Waals surface area contributed by atoms with Crippen molar-refractivity contribution < 1.29 is 22.3 Å². The minimum absolute atomic E-state index is 0.0282. The summed E-state index contributed by atoms with van der Waals surface area (Å²) in [5.41, 5.74) is 1.52. The van der Waals surface area contributed by atoms with E-state index in [1.807, 2.05) is 30.3 Å². The van der Waals surface area contributed by atoms with Crippen LogP contribution in [0.5, 0.6) is 11.5 Å². The second-order valence-corrected chi connectivity index (χ2v) is 9.61. The van der Waals surface area contributed by atoms with Crippen molar-refractivity contribution in [3.05, 3.63) is 83.4 Å². The van der Waals surface area contributed by atoms with Crippen LogP contribution >= 0.6 is 11.6 Å². The minimum Gasteiger partial charge on any atom is -0.486 e. The molecule has 0 saturated carbocycles. The normalized spacial score (nSPS) is 13.0. The van der Waals surface area contributed by atoms with Crippen molar-refractivity contribution in [2.45, 2.75) is 16.5 Å². The standard InChI is InChI=1S/C24H19ClN2O5S/c25-18-8-4-7-17(13-18)22-27-24(23(32-22)26-15-16-5-2-1-3-6-16)33(28,29)19-9-10-20-21(14-19)31-12-11-30-20/h1-10,13-14,26H,11-12,15H2. The molecule has 3 aromatic carbocycles. The molecule has 2 heterocycles. The highest BCUT2D eigenvalue weighted by molar-refractivity contribution is 7.91. The number of ether oxygens (including phenoxy) is 2. The average molecular weight is 483 g/mol. The van der Waals surface area contributed by atoms with Gasteiger partial charge in [0.15, 0.2) is 11.5 Å². The van der Waals surface area contributed by atoms with Crippen LogP contribution in [0.3, 0.4) is 0 Å². The zero-order chi connectivity index (χ0) is 22.8. The summed E-state index contributed by atoms with van der Waals surface area (Å²) < 4.78 is 44.1. The smallest absolute Gasteiger partial charge is 0.234 e. The lowest BCUT2D eigenvalue weighted by Gasteiger charge is -2.18. The van der Waals surface area contributed by atoms with Gasteiger partial charge in [-0.25, -0.2) is 8.42 Å². The molecule has 168 valence electrons. The van der Waals surface area contributed by atoms with Crippen molar-refractivity contribution in [3.63, 3.8) is 0 Å². The predicted octanol–water partition coefficient (Wildman–Crippen LogP) is 5.21. The van der Waals surface area contributed by atoms with Crippen molar-refractivity contribution in [2.24, 2.45) is 0 Å². The number of halogens is 1. The second-order valence-electron chi connectivity index (χ2n) is 7.31. The minimum atomic E-state index is -4.04. The second kappa shape index (κ2) is 8.80. The quantitative estimate of drug-likeness (QED) is 0.403. The molecular formula is C24H19ClN2O5S. The molecule has 0 fully saturated rings. The molecule has 0 atom stereocenters. The number of oxazole rings is 1. The van der Waals surface area contributed by atoms with Gasteiger partial charge in [0.05, 0.1) is 4.90 Å². The van der Waals surface area contributed by atoms with E-state index in [2.05, 4.69) is 10.3 Å². The lowest BCUT2D eigenvalue weighted by Crippen LogP contribution is -2.16. The molecule has 1 aromatic heterocycles. The SMILES string of the molecule is O=S(=O)(c1ccc2c(c1)OCCO2)c1nc(-c2cccc(Cl)c2)oc1NCc1ccccc1. The summed E-state index contributed by atoms with van der Waals surface area (Å²) >= 11 is 6.11. The van der Waals surface area contributed by atoms with Crippen LogP contribution in [-0.2, 0) is 16.4 Å². The highest BCUT2D eigenvalue weighted by Crippen LogP contribution is 2.37. The molecule has 0 aliphatic carbocycles. The van der Waals surface area contributed by atoms with Crippen molar-refractivity contribution in [2.75, 3.05) is 18.5 Å². The van der Waals surface area contributed by atoms with Crippen LogP contribution in [0.2, 0.25) is 5.02 Å². The van der Waals surface area contributed by atoms with Gasteiger partial charge < -0.3 is 19.2 Å². The molecule has 7 nitrogen and oxygen atoms in total. The Morgan fingerprint density at radius 3 is 2.48 bits per heavy atom. The number of aromatic nitrogens is 1. The van der Waals surface area contributed by atoms with Crippen molar-refractivity contribution in [1.82, 2.24) is 4.98 Å². The molecule has 0 saturated heterocycles. The van der Waals surface area contributed by atoms with Gasteiger partial charge in [-0.2, -0.15) is 4.98 Å². The van der Waals surface area contributed by atoms with Gasteiger partial charge in [0.2, 0.25) is 26.6 Å². The van der Waals surface area contributed by atoms with E-state index in [-0.39, 0.29) is 21.7 Å². The maximum Gasteiger partial charge on any atom is 0.234 e. The van der Waals surface area contributed by atoms with Crippen LogP contribution in [0, 0.1) is 0 Å². The van der Waals surface area contributed by atoms with Crippen LogP contribution < -0.4 is 14.8 Å². The van der Waals surface area contributed by atoms with Crippen LogP contribution in [0.1, 0.15) is 5.56 Å².